The average molecular weight is 379 g/mol. The molecule has 2 saturated carbocycles. The van der Waals surface area contributed by atoms with Gasteiger partial charge in [0, 0.05) is 12.0 Å². The number of benzene rings is 2. The lowest BCUT2D eigenvalue weighted by molar-refractivity contribution is -0.119. The molecule has 0 N–H and O–H groups in total. The van der Waals surface area contributed by atoms with Crippen molar-refractivity contribution in [1.29, 1.82) is 0 Å². The van der Waals surface area contributed by atoms with Gasteiger partial charge in [0.1, 0.15) is 5.78 Å². The van der Waals surface area contributed by atoms with Crippen LogP contribution in [-0.4, -0.2) is 20.2 Å². The number of hydrogen-bond acceptors (Lipinski definition) is 2. The maximum atomic E-state index is 11.8. The molecule has 2 fully saturated rings. The van der Waals surface area contributed by atoms with Gasteiger partial charge in [0.15, 0.2) is 0 Å². The second-order valence-electron chi connectivity index (χ2n) is 9.34. The summed E-state index contributed by atoms with van der Waals surface area (Å²) in [5.74, 6) is 1.80. The molecule has 0 spiro atoms. The van der Waals surface area contributed by atoms with Gasteiger partial charge in [-0.25, -0.2) is 0 Å². The Morgan fingerprint density at radius 2 is 1.33 bits per heavy atom. The molecule has 2 aromatic carbocycles. The van der Waals surface area contributed by atoms with Gasteiger partial charge in [0.25, 0.3) is 8.32 Å². The fourth-order valence-electron chi connectivity index (χ4n) is 5.43. The predicted octanol–water partition coefficient (Wildman–Crippen LogP) is 4.18. The highest BCUT2D eigenvalue weighted by Crippen LogP contribution is 2.59. The molecular formula is C24H30O2Si. The largest absolute Gasteiger partial charge is 0.404 e. The van der Waals surface area contributed by atoms with E-state index in [0.717, 1.165) is 12.8 Å². The van der Waals surface area contributed by atoms with E-state index in [4.69, 9.17) is 4.43 Å². The van der Waals surface area contributed by atoms with Gasteiger partial charge in [0.2, 0.25) is 0 Å². The standard InChI is InChI=1S/C24H30O2Si/c1-17(25)23-21-15-18(16-22(21)23)26-27(24(2,3)4,19-11-7-5-8-12-19)20-13-9-6-10-14-20/h5-14,18,21-23H,15-16H2,1-4H3/t18?,21-,22-,23?/m1/s1. The minimum Gasteiger partial charge on any atom is -0.404 e. The van der Waals surface area contributed by atoms with Crippen LogP contribution in [0.5, 0.6) is 0 Å². The Kier molecular flexibility index (Phi) is 4.64. The Morgan fingerprint density at radius 3 is 1.70 bits per heavy atom. The van der Waals surface area contributed by atoms with E-state index in [1.165, 1.54) is 10.4 Å². The summed E-state index contributed by atoms with van der Waals surface area (Å²) < 4.78 is 7.19. The van der Waals surface area contributed by atoms with Crippen LogP contribution >= 0.6 is 0 Å². The number of hydrogen-bond donors (Lipinski definition) is 0. The molecule has 0 unspecified atom stereocenters. The molecule has 0 saturated heterocycles. The van der Waals surface area contributed by atoms with Gasteiger partial charge >= 0.3 is 0 Å². The SMILES string of the molecule is CC(=O)C1[C@@H]2CC(O[Si](c3ccccc3)(c3ccccc3)C(C)(C)C)C[C@@H]12. The number of Topliss-reactive ketones (excluding diaryl/α,β-unsaturated/α-hetero) is 1. The van der Waals surface area contributed by atoms with E-state index in [9.17, 15) is 4.79 Å². The van der Waals surface area contributed by atoms with Crippen molar-refractivity contribution in [2.24, 2.45) is 17.8 Å². The molecule has 2 atom stereocenters. The summed E-state index contributed by atoms with van der Waals surface area (Å²) in [6.45, 7) is 8.73. The number of ketones is 1. The number of carbonyl (C=O) groups excluding carboxylic acids is 1. The predicted molar refractivity (Wildman–Crippen MR) is 113 cm³/mol. The van der Waals surface area contributed by atoms with E-state index in [2.05, 4.69) is 81.4 Å². The van der Waals surface area contributed by atoms with Crippen LogP contribution in [0.1, 0.15) is 40.5 Å². The number of carbonyl (C=O) groups is 1. The first kappa shape index (κ1) is 18.6. The fourth-order valence-corrected chi connectivity index (χ4v) is 10.1. The third-order valence-electron chi connectivity index (χ3n) is 6.63. The molecule has 0 amide bonds. The Balaban J connectivity index is 1.72. The quantitative estimate of drug-likeness (QED) is 0.730. The van der Waals surface area contributed by atoms with Crippen molar-refractivity contribution in [2.45, 2.75) is 51.7 Å². The van der Waals surface area contributed by atoms with E-state index in [1.54, 1.807) is 6.92 Å². The van der Waals surface area contributed by atoms with E-state index in [0.29, 0.717) is 23.5 Å². The van der Waals surface area contributed by atoms with Crippen LogP contribution in [0, 0.1) is 17.8 Å². The van der Waals surface area contributed by atoms with E-state index in [-0.39, 0.29) is 11.1 Å². The second kappa shape index (κ2) is 6.71. The molecule has 27 heavy (non-hydrogen) atoms. The van der Waals surface area contributed by atoms with Crippen molar-refractivity contribution >= 4 is 24.5 Å². The lowest BCUT2D eigenvalue weighted by Crippen LogP contribution is -2.67. The van der Waals surface area contributed by atoms with Crippen LogP contribution < -0.4 is 10.4 Å². The number of rotatable bonds is 5. The van der Waals surface area contributed by atoms with Gasteiger partial charge in [-0.1, -0.05) is 81.4 Å². The zero-order valence-electron chi connectivity index (χ0n) is 16.8. The van der Waals surface area contributed by atoms with Crippen molar-refractivity contribution in [2.75, 3.05) is 0 Å². The maximum absolute atomic E-state index is 11.8. The normalized spacial score (nSPS) is 25.3. The molecule has 4 rings (SSSR count). The van der Waals surface area contributed by atoms with Crippen molar-refractivity contribution in [1.82, 2.24) is 0 Å². The summed E-state index contributed by atoms with van der Waals surface area (Å²) >= 11 is 0. The summed E-state index contributed by atoms with van der Waals surface area (Å²) in [4.78, 5) is 11.8. The maximum Gasteiger partial charge on any atom is 0.261 e. The summed E-state index contributed by atoms with van der Waals surface area (Å²) in [7, 11) is -2.46. The lowest BCUT2D eigenvalue weighted by atomic mass is 10.1. The molecule has 2 aliphatic carbocycles. The fraction of sp³-hybridized carbons (Fsp3) is 0.458. The van der Waals surface area contributed by atoms with E-state index < -0.39 is 8.32 Å². The van der Waals surface area contributed by atoms with Crippen LogP contribution in [0.15, 0.2) is 60.7 Å². The summed E-state index contributed by atoms with van der Waals surface area (Å²) in [6.07, 6.45) is 2.35. The van der Waals surface area contributed by atoms with Crippen molar-refractivity contribution in [3.05, 3.63) is 60.7 Å². The lowest BCUT2D eigenvalue weighted by Gasteiger charge is -2.45. The van der Waals surface area contributed by atoms with Crippen molar-refractivity contribution in [3.63, 3.8) is 0 Å². The number of fused-ring (bicyclic) bond motifs is 1. The van der Waals surface area contributed by atoms with Crippen LogP contribution in [0.2, 0.25) is 5.04 Å². The van der Waals surface area contributed by atoms with Crippen LogP contribution in [0.25, 0.3) is 0 Å². The van der Waals surface area contributed by atoms with Crippen LogP contribution in [0.4, 0.5) is 0 Å². The second-order valence-corrected chi connectivity index (χ2v) is 13.6. The van der Waals surface area contributed by atoms with Gasteiger partial charge in [-0.2, -0.15) is 0 Å². The van der Waals surface area contributed by atoms with Crippen molar-refractivity contribution in [3.8, 4) is 0 Å². The molecule has 3 heteroatoms. The molecule has 142 valence electrons. The van der Waals surface area contributed by atoms with E-state index in [1.807, 2.05) is 0 Å². The molecule has 0 heterocycles. The Morgan fingerprint density at radius 1 is 0.889 bits per heavy atom. The van der Waals surface area contributed by atoms with Crippen LogP contribution in [-0.2, 0) is 9.22 Å². The first-order valence-electron chi connectivity index (χ1n) is 10.1. The minimum atomic E-state index is -2.46. The molecule has 2 nitrogen and oxygen atoms in total. The third-order valence-corrected chi connectivity index (χ3v) is 11.7. The van der Waals surface area contributed by atoms with Gasteiger partial charge in [-0.3, -0.25) is 4.79 Å². The molecule has 2 aliphatic rings. The first-order valence-corrected chi connectivity index (χ1v) is 12.0. The smallest absolute Gasteiger partial charge is 0.261 e. The molecule has 0 bridgehead atoms. The topological polar surface area (TPSA) is 26.3 Å². The first-order chi connectivity index (χ1) is 12.8. The van der Waals surface area contributed by atoms with Crippen molar-refractivity contribution < 1.29 is 9.22 Å². The van der Waals surface area contributed by atoms with Gasteiger partial charge in [0.05, 0.1) is 0 Å². The Bertz CT molecular complexity index is 758. The Labute approximate surface area is 164 Å². The monoisotopic (exact) mass is 378 g/mol. The van der Waals surface area contributed by atoms with Crippen LogP contribution in [0.3, 0.4) is 0 Å². The minimum absolute atomic E-state index is 0.0163. The average Bonchev–Trinajstić information content (AvgIpc) is 3.17. The highest BCUT2D eigenvalue weighted by Gasteiger charge is 2.60. The molecule has 0 aromatic heterocycles. The highest BCUT2D eigenvalue weighted by atomic mass is 28.4. The summed E-state index contributed by atoms with van der Waals surface area (Å²) in [5, 5.41) is 2.70. The highest BCUT2D eigenvalue weighted by molar-refractivity contribution is 6.99. The Hall–Kier alpha value is -1.71. The molecule has 0 radical (unpaired) electrons. The summed E-state index contributed by atoms with van der Waals surface area (Å²) in [5.41, 5.74) is 0. The van der Waals surface area contributed by atoms with Gasteiger partial charge < -0.3 is 4.43 Å². The molecule has 0 aliphatic heterocycles. The van der Waals surface area contributed by atoms with Gasteiger partial charge in [-0.15, -0.1) is 0 Å². The van der Waals surface area contributed by atoms with Gasteiger partial charge in [-0.05, 0) is 47.0 Å². The third kappa shape index (κ3) is 3.11. The molecule has 2 aromatic rings. The zero-order chi connectivity index (χ0) is 19.2. The zero-order valence-corrected chi connectivity index (χ0v) is 17.8. The summed E-state index contributed by atoms with van der Waals surface area (Å²) in [6, 6.07) is 21.7. The molecular weight excluding hydrogens is 348 g/mol. The van der Waals surface area contributed by atoms with E-state index >= 15 is 0 Å².